The zero-order valence-electron chi connectivity index (χ0n) is 10.9. The Morgan fingerprint density at radius 3 is 2.56 bits per heavy atom. The van der Waals surface area contributed by atoms with Gasteiger partial charge in [0.05, 0.1) is 7.11 Å². The van der Waals surface area contributed by atoms with Gasteiger partial charge in [0.15, 0.2) is 11.5 Å². The molecule has 1 aromatic carbocycles. The van der Waals surface area contributed by atoms with Gasteiger partial charge in [0.2, 0.25) is 6.08 Å². The summed E-state index contributed by atoms with van der Waals surface area (Å²) in [6.07, 6.45) is 3.13. The van der Waals surface area contributed by atoms with Gasteiger partial charge < -0.3 is 9.84 Å². The van der Waals surface area contributed by atoms with E-state index < -0.39 is 5.54 Å². The number of rotatable bonds is 4. The Morgan fingerprint density at radius 2 is 2.11 bits per heavy atom. The van der Waals surface area contributed by atoms with E-state index in [-0.39, 0.29) is 5.75 Å². The maximum atomic E-state index is 10.5. The Kier molecular flexibility index (Phi) is 3.14. The lowest BCUT2D eigenvalue weighted by Gasteiger charge is -2.17. The lowest BCUT2D eigenvalue weighted by atomic mass is 9.95. The topological polar surface area (TPSA) is 58.9 Å². The fraction of sp³-hybridized carbons (Fsp3) is 0.500. The standard InChI is InChI=1S/C14H17NO3/c1-9(2)10-6-11(13(17)12(7-10)18-3)14(4-5-14)15-8-16/h6-7,9,17H,4-5H2,1-3H3. The van der Waals surface area contributed by atoms with Crippen LogP contribution in [-0.4, -0.2) is 18.3 Å². The molecular formula is C14H17NO3. The lowest BCUT2D eigenvalue weighted by Crippen LogP contribution is -2.05. The van der Waals surface area contributed by atoms with Crippen LogP contribution >= 0.6 is 0 Å². The van der Waals surface area contributed by atoms with Crippen LogP contribution in [0.15, 0.2) is 17.1 Å². The molecule has 0 saturated heterocycles. The number of hydrogen-bond acceptors (Lipinski definition) is 4. The first kappa shape index (κ1) is 12.7. The van der Waals surface area contributed by atoms with Gasteiger partial charge in [-0.1, -0.05) is 13.8 Å². The average Bonchev–Trinajstić information content (AvgIpc) is 3.10. The summed E-state index contributed by atoms with van der Waals surface area (Å²) in [6.45, 7) is 4.14. The van der Waals surface area contributed by atoms with Gasteiger partial charge in [-0.3, -0.25) is 0 Å². The van der Waals surface area contributed by atoms with Crippen LogP contribution in [0.1, 0.15) is 43.7 Å². The van der Waals surface area contributed by atoms with Crippen molar-refractivity contribution in [2.24, 2.45) is 4.99 Å². The van der Waals surface area contributed by atoms with E-state index in [2.05, 4.69) is 18.8 Å². The van der Waals surface area contributed by atoms with E-state index in [0.29, 0.717) is 17.2 Å². The van der Waals surface area contributed by atoms with Crippen LogP contribution in [0.2, 0.25) is 0 Å². The van der Waals surface area contributed by atoms with Crippen molar-refractivity contribution in [2.45, 2.75) is 38.1 Å². The van der Waals surface area contributed by atoms with Crippen LogP contribution < -0.4 is 4.74 Å². The molecular weight excluding hydrogens is 230 g/mol. The molecule has 0 heterocycles. The number of phenols is 1. The smallest absolute Gasteiger partial charge is 0.235 e. The summed E-state index contributed by atoms with van der Waals surface area (Å²) in [5.41, 5.74) is 1.16. The third-order valence-electron chi connectivity index (χ3n) is 3.47. The van der Waals surface area contributed by atoms with Crippen LogP contribution in [0.5, 0.6) is 11.5 Å². The molecule has 0 unspecified atom stereocenters. The van der Waals surface area contributed by atoms with Gasteiger partial charge in [-0.25, -0.2) is 4.79 Å². The minimum absolute atomic E-state index is 0.0819. The van der Waals surface area contributed by atoms with Gasteiger partial charge in [0.1, 0.15) is 5.54 Å². The number of nitrogens with zero attached hydrogens (tertiary/aromatic N) is 1. The Balaban J connectivity index is 2.59. The van der Waals surface area contributed by atoms with Crippen molar-refractivity contribution in [3.63, 3.8) is 0 Å². The number of phenolic OH excluding ortho intramolecular Hbond substituents is 1. The summed E-state index contributed by atoms with van der Waals surface area (Å²) >= 11 is 0. The summed E-state index contributed by atoms with van der Waals surface area (Å²) in [5, 5.41) is 10.2. The molecule has 1 fully saturated rings. The van der Waals surface area contributed by atoms with E-state index in [1.54, 1.807) is 6.08 Å². The third-order valence-corrected chi connectivity index (χ3v) is 3.47. The molecule has 2 rings (SSSR count). The highest BCUT2D eigenvalue weighted by Gasteiger charge is 2.47. The van der Waals surface area contributed by atoms with Gasteiger partial charge in [0, 0.05) is 5.56 Å². The first-order valence-electron chi connectivity index (χ1n) is 6.04. The van der Waals surface area contributed by atoms with Crippen LogP contribution in [0, 0.1) is 0 Å². The Labute approximate surface area is 106 Å². The summed E-state index contributed by atoms with van der Waals surface area (Å²) in [6, 6.07) is 3.74. The molecule has 1 aliphatic rings. The van der Waals surface area contributed by atoms with E-state index in [9.17, 15) is 9.90 Å². The monoisotopic (exact) mass is 247 g/mol. The number of hydrogen-bond donors (Lipinski definition) is 1. The predicted octanol–water partition coefficient (Wildman–Crippen LogP) is 2.85. The van der Waals surface area contributed by atoms with Crippen LogP contribution in [0.4, 0.5) is 0 Å². The normalized spacial score (nSPS) is 16.2. The number of methoxy groups -OCH3 is 1. The maximum absolute atomic E-state index is 10.5. The second kappa shape index (κ2) is 4.46. The van der Waals surface area contributed by atoms with Crippen LogP contribution in [-0.2, 0) is 10.3 Å². The molecule has 0 spiro atoms. The minimum Gasteiger partial charge on any atom is -0.504 e. The van der Waals surface area contributed by atoms with Crippen molar-refractivity contribution in [3.8, 4) is 11.5 Å². The third kappa shape index (κ3) is 2.00. The first-order chi connectivity index (χ1) is 8.54. The highest BCUT2D eigenvalue weighted by Crippen LogP contribution is 2.54. The largest absolute Gasteiger partial charge is 0.504 e. The molecule has 0 atom stereocenters. The van der Waals surface area contributed by atoms with Gasteiger partial charge in [-0.2, -0.15) is 4.99 Å². The summed E-state index contributed by atoms with van der Waals surface area (Å²) in [7, 11) is 1.52. The van der Waals surface area contributed by atoms with Gasteiger partial charge >= 0.3 is 0 Å². The molecule has 0 bridgehead atoms. The molecule has 4 heteroatoms. The molecule has 0 amide bonds. The van der Waals surface area contributed by atoms with E-state index in [1.807, 2.05) is 12.1 Å². The Bertz CT molecular complexity index is 512. The lowest BCUT2D eigenvalue weighted by molar-refractivity contribution is 0.367. The summed E-state index contributed by atoms with van der Waals surface area (Å²) < 4.78 is 5.19. The Hall–Kier alpha value is -1.80. The van der Waals surface area contributed by atoms with Crippen molar-refractivity contribution in [1.29, 1.82) is 0 Å². The number of benzene rings is 1. The number of aromatic hydroxyl groups is 1. The van der Waals surface area contributed by atoms with Crippen LogP contribution in [0.25, 0.3) is 0 Å². The SMILES string of the molecule is COc1cc(C(C)C)cc(C2(N=C=O)CC2)c1O. The molecule has 1 aromatic rings. The molecule has 18 heavy (non-hydrogen) atoms. The van der Waals surface area contributed by atoms with Gasteiger partial charge in [-0.05, 0) is 36.5 Å². The number of ether oxygens (including phenoxy) is 1. The molecule has 0 radical (unpaired) electrons. The zero-order chi connectivity index (χ0) is 13.3. The minimum atomic E-state index is -0.579. The highest BCUT2D eigenvalue weighted by molar-refractivity contribution is 5.55. The molecule has 0 aliphatic heterocycles. The summed E-state index contributed by atoms with van der Waals surface area (Å²) in [5.74, 6) is 0.830. The Morgan fingerprint density at radius 1 is 1.44 bits per heavy atom. The maximum Gasteiger partial charge on any atom is 0.235 e. The fourth-order valence-corrected chi connectivity index (χ4v) is 2.12. The molecule has 1 aliphatic carbocycles. The first-order valence-corrected chi connectivity index (χ1v) is 6.04. The molecule has 96 valence electrons. The average molecular weight is 247 g/mol. The van der Waals surface area contributed by atoms with E-state index in [0.717, 1.165) is 18.4 Å². The molecule has 1 N–H and O–H groups in total. The zero-order valence-corrected chi connectivity index (χ0v) is 10.9. The second-order valence-electron chi connectivity index (χ2n) is 5.01. The van der Waals surface area contributed by atoms with Crippen molar-refractivity contribution < 1.29 is 14.6 Å². The molecule has 0 aromatic heterocycles. The number of aliphatic imine (C=N–C) groups is 1. The van der Waals surface area contributed by atoms with Crippen molar-refractivity contribution >= 4 is 6.08 Å². The van der Waals surface area contributed by atoms with Crippen LogP contribution in [0.3, 0.4) is 0 Å². The quantitative estimate of drug-likeness (QED) is 0.657. The van der Waals surface area contributed by atoms with Crippen molar-refractivity contribution in [2.75, 3.05) is 7.11 Å². The molecule has 4 nitrogen and oxygen atoms in total. The molecule has 1 saturated carbocycles. The van der Waals surface area contributed by atoms with Gasteiger partial charge in [0.25, 0.3) is 0 Å². The van der Waals surface area contributed by atoms with E-state index in [1.165, 1.54) is 7.11 Å². The second-order valence-corrected chi connectivity index (χ2v) is 5.01. The summed E-state index contributed by atoms with van der Waals surface area (Å²) in [4.78, 5) is 14.4. The van der Waals surface area contributed by atoms with Gasteiger partial charge in [-0.15, -0.1) is 0 Å². The van der Waals surface area contributed by atoms with E-state index in [4.69, 9.17) is 4.74 Å². The van der Waals surface area contributed by atoms with E-state index >= 15 is 0 Å². The number of isocyanates is 1. The van der Waals surface area contributed by atoms with Crippen molar-refractivity contribution in [1.82, 2.24) is 0 Å². The highest BCUT2D eigenvalue weighted by atomic mass is 16.5. The number of carbonyl (C=O) groups excluding carboxylic acids is 1. The predicted molar refractivity (Wildman–Crippen MR) is 67.8 cm³/mol. The van der Waals surface area contributed by atoms with Crippen molar-refractivity contribution in [3.05, 3.63) is 23.3 Å². The fourth-order valence-electron chi connectivity index (χ4n) is 2.12.